The van der Waals surface area contributed by atoms with Crippen molar-refractivity contribution in [2.45, 2.75) is 57.8 Å². The number of allylic oxidation sites excluding steroid dienone is 8. The summed E-state index contributed by atoms with van der Waals surface area (Å²) in [5, 5.41) is 4.97. The number of nitrogens with two attached hydrogens (primary N) is 1. The summed E-state index contributed by atoms with van der Waals surface area (Å²) in [6.45, 7) is 11.3. The third-order valence-corrected chi connectivity index (χ3v) is 10.9. The molecule has 254 valence electrons. The van der Waals surface area contributed by atoms with Gasteiger partial charge in [-0.15, -0.1) is 0 Å². The van der Waals surface area contributed by atoms with Gasteiger partial charge in [-0.3, -0.25) is 0 Å². The van der Waals surface area contributed by atoms with Crippen molar-refractivity contribution in [1.82, 2.24) is 0 Å². The van der Waals surface area contributed by atoms with Gasteiger partial charge in [-0.05, 0) is 78.6 Å². The fourth-order valence-corrected chi connectivity index (χ4v) is 8.39. The number of fused-ring (bicyclic) bond motifs is 6. The average molecular weight is 674 g/mol. The summed E-state index contributed by atoms with van der Waals surface area (Å²) in [6, 6.07) is 25.9. The third-order valence-electron chi connectivity index (χ3n) is 10.1. The molecule has 0 bridgehead atoms. The molecule has 0 atom stereocenters. The zero-order valence-electron chi connectivity index (χ0n) is 29.0. The van der Waals surface area contributed by atoms with Crippen molar-refractivity contribution in [1.29, 1.82) is 0 Å². The Balaban J connectivity index is 1.25. The molecule has 0 radical (unpaired) electrons. The molecule has 2 N–H and O–H groups in total. The van der Waals surface area contributed by atoms with Crippen LogP contribution < -0.4 is 10.6 Å². The van der Waals surface area contributed by atoms with Gasteiger partial charge in [-0.1, -0.05) is 98.8 Å². The highest BCUT2D eigenvalue weighted by molar-refractivity contribution is 7.85. The van der Waals surface area contributed by atoms with Gasteiger partial charge in [0.05, 0.1) is 15.5 Å². The van der Waals surface area contributed by atoms with E-state index in [1.165, 1.54) is 44.1 Å². The van der Waals surface area contributed by atoms with E-state index < -0.39 is 10.1 Å². The molecule has 0 aromatic heterocycles. The number of unbranched alkanes of at least 4 members (excludes halogenated alkanes) is 1. The Morgan fingerprint density at radius 3 is 2.08 bits per heavy atom. The highest BCUT2D eigenvalue weighted by atomic mass is 32.2. The van der Waals surface area contributed by atoms with E-state index >= 15 is 0 Å². The Hall–Kier alpha value is -4.30. The van der Waals surface area contributed by atoms with Gasteiger partial charge in [0.15, 0.2) is 12.3 Å². The minimum Gasteiger partial charge on any atom is -0.748 e. The number of benzene rings is 4. The summed E-state index contributed by atoms with van der Waals surface area (Å²) < 4.78 is 36.2. The van der Waals surface area contributed by atoms with Gasteiger partial charge in [-0.25, -0.2) is 8.42 Å². The van der Waals surface area contributed by atoms with Gasteiger partial charge >= 0.3 is 0 Å². The molecule has 49 heavy (non-hydrogen) atoms. The van der Waals surface area contributed by atoms with Crippen LogP contribution in [-0.2, 0) is 20.9 Å². The lowest BCUT2D eigenvalue weighted by Crippen LogP contribution is -2.28. The smallest absolute Gasteiger partial charge is 0.210 e. The second kappa shape index (κ2) is 13.9. The van der Waals surface area contributed by atoms with Crippen LogP contribution in [-0.4, -0.2) is 48.6 Å². The van der Waals surface area contributed by atoms with E-state index in [9.17, 15) is 13.0 Å². The Kier molecular flexibility index (Phi) is 9.81. The van der Waals surface area contributed by atoms with Crippen molar-refractivity contribution in [2.75, 3.05) is 30.3 Å². The minimum absolute atomic E-state index is 0.163. The second-order valence-electron chi connectivity index (χ2n) is 14.1. The fraction of sp³-hybridized carbons (Fsp3) is 0.310. The molecule has 7 heteroatoms. The van der Waals surface area contributed by atoms with Crippen LogP contribution in [0.25, 0.3) is 21.5 Å². The predicted molar refractivity (Wildman–Crippen MR) is 204 cm³/mol. The summed E-state index contributed by atoms with van der Waals surface area (Å²) in [5.41, 5.74) is 13.0. The molecule has 4 aromatic rings. The fourth-order valence-electron chi connectivity index (χ4n) is 7.84. The molecule has 2 heterocycles. The molecule has 0 spiro atoms. The Morgan fingerprint density at radius 1 is 0.755 bits per heavy atom. The lowest BCUT2D eigenvalue weighted by atomic mass is 9.79. The molecule has 2 aliphatic heterocycles. The summed E-state index contributed by atoms with van der Waals surface area (Å²) >= 11 is 0. The van der Waals surface area contributed by atoms with Crippen molar-refractivity contribution in [3.05, 3.63) is 132 Å². The largest absolute Gasteiger partial charge is 0.748 e. The molecule has 2 aliphatic rings. The number of nitrogens with zero attached hydrogens (tertiary/aromatic N) is 2. The van der Waals surface area contributed by atoms with Crippen molar-refractivity contribution < 1.29 is 17.5 Å². The summed E-state index contributed by atoms with van der Waals surface area (Å²) in [4.78, 5) is 2.29. The molecule has 0 unspecified atom stereocenters. The summed E-state index contributed by atoms with van der Waals surface area (Å²) in [5.74, 6) is -0.337. The molecule has 0 fully saturated rings. The van der Waals surface area contributed by atoms with E-state index in [2.05, 4.69) is 152 Å². The van der Waals surface area contributed by atoms with Gasteiger partial charge in [0.2, 0.25) is 5.69 Å². The maximum atomic E-state index is 11.2. The zero-order valence-corrected chi connectivity index (χ0v) is 29.8. The van der Waals surface area contributed by atoms with Gasteiger partial charge in [-0.2, -0.15) is 4.58 Å². The third kappa shape index (κ3) is 6.80. The van der Waals surface area contributed by atoms with Gasteiger partial charge in [0.1, 0.15) is 0 Å². The normalized spacial score (nSPS) is 17.9. The van der Waals surface area contributed by atoms with Crippen LogP contribution in [0.1, 0.15) is 58.1 Å². The first kappa shape index (κ1) is 34.6. The molecule has 0 saturated heterocycles. The topological polar surface area (TPSA) is 89.5 Å². The SMILES string of the molecule is CC1(C)C(=CC=CC=CC=CC2=[N+](CCCN)c3ccc4ccccc4c3C2(C)C)N(CCCCS(=O)(=O)[O-])c2ccc3ccccc3c21. The first-order valence-electron chi connectivity index (χ1n) is 17.3. The number of hydrogen-bond donors (Lipinski definition) is 1. The number of anilines is 1. The molecule has 6 rings (SSSR count). The quantitative estimate of drug-likeness (QED) is 0.0706. The van der Waals surface area contributed by atoms with Crippen LogP contribution in [0.5, 0.6) is 0 Å². The molecular formula is C42H47N3O3S. The van der Waals surface area contributed by atoms with Crippen LogP contribution in [0.4, 0.5) is 11.4 Å². The maximum absolute atomic E-state index is 11.2. The van der Waals surface area contributed by atoms with Gasteiger partial charge in [0, 0.05) is 53.2 Å². The van der Waals surface area contributed by atoms with E-state index in [1.807, 2.05) is 0 Å². The average Bonchev–Trinajstić information content (AvgIpc) is 3.43. The van der Waals surface area contributed by atoms with Crippen LogP contribution in [0.15, 0.2) is 121 Å². The van der Waals surface area contributed by atoms with Crippen LogP contribution >= 0.6 is 0 Å². The van der Waals surface area contributed by atoms with Gasteiger partial charge < -0.3 is 15.2 Å². The molecule has 0 aliphatic carbocycles. The van der Waals surface area contributed by atoms with Crippen LogP contribution in [0.2, 0.25) is 0 Å². The van der Waals surface area contributed by atoms with Crippen molar-refractivity contribution >= 4 is 48.7 Å². The predicted octanol–water partition coefficient (Wildman–Crippen LogP) is 8.39. The Labute approximate surface area is 291 Å². The molecule has 6 nitrogen and oxygen atoms in total. The Bertz CT molecular complexity index is 2150. The lowest BCUT2D eigenvalue weighted by Gasteiger charge is -2.27. The second-order valence-corrected chi connectivity index (χ2v) is 15.6. The molecule has 0 saturated carbocycles. The lowest BCUT2D eigenvalue weighted by molar-refractivity contribution is -0.437. The minimum atomic E-state index is -4.23. The van der Waals surface area contributed by atoms with Gasteiger partial charge in [0.25, 0.3) is 0 Å². The van der Waals surface area contributed by atoms with Crippen molar-refractivity contribution in [3.8, 4) is 0 Å². The van der Waals surface area contributed by atoms with E-state index in [0.29, 0.717) is 25.9 Å². The van der Waals surface area contributed by atoms with Crippen LogP contribution in [0, 0.1) is 0 Å². The monoisotopic (exact) mass is 673 g/mol. The van der Waals surface area contributed by atoms with Crippen molar-refractivity contribution in [2.24, 2.45) is 5.73 Å². The standard InChI is InChI=1S/C42H47N3O3S/c1-41(2)37(44(28-14-15-30-49(46,47)48)35-25-23-31-17-10-12-19-33(31)39(35)41)21-8-6-5-7-9-22-38-42(3,4)40-34-20-13-11-18-32(34)24-26-36(40)45(38)29-16-27-43/h5-13,17-26H,14-16,27-30,43H2,1-4H3. The highest BCUT2D eigenvalue weighted by Crippen LogP contribution is 2.51. The summed E-state index contributed by atoms with van der Waals surface area (Å²) in [6.07, 6.45) is 16.6. The highest BCUT2D eigenvalue weighted by Gasteiger charge is 2.45. The summed E-state index contributed by atoms with van der Waals surface area (Å²) in [7, 11) is -4.23. The van der Waals surface area contributed by atoms with Crippen LogP contribution in [0.3, 0.4) is 0 Å². The van der Waals surface area contributed by atoms with E-state index in [4.69, 9.17) is 5.73 Å². The molecule has 0 amide bonds. The maximum Gasteiger partial charge on any atom is 0.210 e. The van der Waals surface area contributed by atoms with E-state index in [0.717, 1.165) is 24.4 Å². The molecular weight excluding hydrogens is 627 g/mol. The first-order chi connectivity index (χ1) is 23.4. The Morgan fingerprint density at radius 2 is 1.39 bits per heavy atom. The van der Waals surface area contributed by atoms with E-state index in [-0.39, 0.29) is 16.6 Å². The molecule has 4 aromatic carbocycles. The zero-order chi connectivity index (χ0) is 34.8. The first-order valence-corrected chi connectivity index (χ1v) is 18.9. The van der Waals surface area contributed by atoms with Crippen molar-refractivity contribution in [3.63, 3.8) is 0 Å². The van der Waals surface area contributed by atoms with E-state index in [1.54, 1.807) is 0 Å². The number of hydrogen-bond acceptors (Lipinski definition) is 5. The number of rotatable bonds is 12.